The second kappa shape index (κ2) is 4.27. The number of imidazole rings is 1. The minimum absolute atomic E-state index is 0.0385. The lowest BCUT2D eigenvalue weighted by molar-refractivity contribution is -0.0924. The maximum Gasteiger partial charge on any atom is 0.224 e. The molecule has 3 unspecified atom stereocenters. The number of nitrogens with zero attached hydrogens (tertiary/aromatic N) is 4. The van der Waals surface area contributed by atoms with E-state index in [4.69, 9.17) is 10.5 Å². The molecule has 0 aliphatic carbocycles. The summed E-state index contributed by atoms with van der Waals surface area (Å²) >= 11 is 0. The Balaban J connectivity index is 2.16. The molecule has 0 bridgehead atoms. The summed E-state index contributed by atoms with van der Waals surface area (Å²) in [7, 11) is 1.70. The predicted octanol–water partition coefficient (Wildman–Crippen LogP) is -0.909. The summed E-state index contributed by atoms with van der Waals surface area (Å²) in [5.41, 5.74) is 5.18. The molecule has 9 heteroatoms. The van der Waals surface area contributed by atoms with Crippen molar-refractivity contribution in [2.45, 2.75) is 24.9 Å². The third kappa shape index (κ3) is 1.71. The van der Waals surface area contributed by atoms with Gasteiger partial charge in [0.2, 0.25) is 5.95 Å². The van der Waals surface area contributed by atoms with Crippen LogP contribution in [0.1, 0.15) is 13.2 Å². The molecular weight excluding hydrogens is 264 g/mol. The maximum absolute atomic E-state index is 10.3. The normalized spacial score (nSPS) is 30.0. The topological polar surface area (TPSA) is 131 Å². The standard InChI is InChI=1S/C11H16N6O3/c1-11(19)5(18)3-20-9(11)17-4-14-6-7(13-2)15-10(12)16-8(6)17/h4-5,9,18-19H,3H2,1-2H3,(H3,12,13,15,16). The van der Waals surface area contributed by atoms with Crippen molar-refractivity contribution in [1.29, 1.82) is 0 Å². The van der Waals surface area contributed by atoms with Crippen molar-refractivity contribution in [2.24, 2.45) is 0 Å². The molecular formula is C11H16N6O3. The van der Waals surface area contributed by atoms with Gasteiger partial charge in [0.05, 0.1) is 12.9 Å². The van der Waals surface area contributed by atoms with Crippen LogP contribution in [-0.4, -0.2) is 55.1 Å². The summed E-state index contributed by atoms with van der Waals surface area (Å²) in [6.45, 7) is 1.54. The van der Waals surface area contributed by atoms with Gasteiger partial charge in [0, 0.05) is 7.05 Å². The van der Waals surface area contributed by atoms with E-state index in [0.29, 0.717) is 17.0 Å². The lowest BCUT2D eigenvalue weighted by Crippen LogP contribution is -2.41. The highest BCUT2D eigenvalue weighted by Crippen LogP contribution is 2.36. The van der Waals surface area contributed by atoms with Gasteiger partial charge in [-0.25, -0.2) is 4.98 Å². The van der Waals surface area contributed by atoms with Crippen LogP contribution in [0.25, 0.3) is 11.2 Å². The van der Waals surface area contributed by atoms with E-state index in [0.717, 1.165) is 0 Å². The molecule has 5 N–H and O–H groups in total. The number of nitrogens with two attached hydrogens (primary N) is 1. The zero-order valence-corrected chi connectivity index (χ0v) is 11.1. The van der Waals surface area contributed by atoms with Gasteiger partial charge < -0.3 is 26.0 Å². The van der Waals surface area contributed by atoms with E-state index in [2.05, 4.69) is 20.3 Å². The highest BCUT2D eigenvalue weighted by molar-refractivity contribution is 5.84. The Morgan fingerprint density at radius 1 is 1.55 bits per heavy atom. The molecule has 20 heavy (non-hydrogen) atoms. The Morgan fingerprint density at radius 3 is 2.90 bits per heavy atom. The van der Waals surface area contributed by atoms with Gasteiger partial charge in [0.1, 0.15) is 11.7 Å². The summed E-state index contributed by atoms with van der Waals surface area (Å²) < 4.78 is 6.99. The van der Waals surface area contributed by atoms with Crippen LogP contribution in [0.15, 0.2) is 6.33 Å². The average Bonchev–Trinajstić information content (AvgIpc) is 2.91. The van der Waals surface area contributed by atoms with Crippen molar-refractivity contribution < 1.29 is 14.9 Å². The van der Waals surface area contributed by atoms with E-state index in [1.165, 1.54) is 13.3 Å². The number of hydrogen-bond donors (Lipinski definition) is 4. The maximum atomic E-state index is 10.3. The number of aliphatic hydroxyl groups is 2. The SMILES string of the molecule is CNc1nc(N)nc2c1ncn2C1OCC(O)C1(C)O. The number of ether oxygens (including phenoxy) is 1. The van der Waals surface area contributed by atoms with E-state index >= 15 is 0 Å². The van der Waals surface area contributed by atoms with Gasteiger partial charge in [-0.3, -0.25) is 4.57 Å². The van der Waals surface area contributed by atoms with E-state index in [1.807, 2.05) is 0 Å². The van der Waals surface area contributed by atoms with Gasteiger partial charge in [-0.2, -0.15) is 9.97 Å². The van der Waals surface area contributed by atoms with Crippen molar-refractivity contribution >= 4 is 22.9 Å². The predicted molar refractivity (Wildman–Crippen MR) is 70.9 cm³/mol. The molecule has 2 aromatic rings. The molecule has 3 rings (SSSR count). The highest BCUT2D eigenvalue weighted by Gasteiger charge is 2.47. The Morgan fingerprint density at radius 2 is 2.30 bits per heavy atom. The van der Waals surface area contributed by atoms with Crippen molar-refractivity contribution in [3.05, 3.63) is 6.33 Å². The molecule has 0 amide bonds. The zero-order valence-electron chi connectivity index (χ0n) is 11.1. The first kappa shape index (κ1) is 13.0. The lowest BCUT2D eigenvalue weighted by atomic mass is 10.0. The zero-order chi connectivity index (χ0) is 14.5. The van der Waals surface area contributed by atoms with Gasteiger partial charge in [-0.05, 0) is 6.92 Å². The number of nitrogens with one attached hydrogen (secondary N) is 1. The van der Waals surface area contributed by atoms with Crippen LogP contribution in [0.3, 0.4) is 0 Å². The molecule has 0 spiro atoms. The monoisotopic (exact) mass is 280 g/mol. The number of aromatic nitrogens is 4. The van der Waals surface area contributed by atoms with Crippen LogP contribution in [-0.2, 0) is 4.74 Å². The molecule has 2 aromatic heterocycles. The molecule has 1 saturated heterocycles. The molecule has 3 atom stereocenters. The fourth-order valence-corrected chi connectivity index (χ4v) is 2.33. The molecule has 1 fully saturated rings. The first-order chi connectivity index (χ1) is 9.45. The third-order valence-electron chi connectivity index (χ3n) is 3.51. The molecule has 3 heterocycles. The largest absolute Gasteiger partial charge is 0.388 e. The van der Waals surface area contributed by atoms with Crippen molar-refractivity contribution in [2.75, 3.05) is 24.7 Å². The van der Waals surface area contributed by atoms with Gasteiger partial charge in [0.25, 0.3) is 0 Å². The summed E-state index contributed by atoms with van der Waals surface area (Å²) in [6.07, 6.45) is -0.286. The minimum Gasteiger partial charge on any atom is -0.388 e. The second-order valence-corrected chi connectivity index (χ2v) is 4.93. The molecule has 108 valence electrons. The third-order valence-corrected chi connectivity index (χ3v) is 3.51. The van der Waals surface area contributed by atoms with Gasteiger partial charge in [-0.1, -0.05) is 0 Å². The summed E-state index contributed by atoms with van der Waals surface area (Å²) in [5.74, 6) is 0.575. The number of nitrogen functional groups attached to an aromatic ring is 1. The van der Waals surface area contributed by atoms with E-state index in [1.54, 1.807) is 11.6 Å². The number of hydrogen-bond acceptors (Lipinski definition) is 8. The van der Waals surface area contributed by atoms with Crippen molar-refractivity contribution in [3.8, 4) is 0 Å². The van der Waals surface area contributed by atoms with Crippen LogP contribution in [0.4, 0.5) is 11.8 Å². The summed E-state index contributed by atoms with van der Waals surface area (Å²) in [5, 5.41) is 23.0. The quantitative estimate of drug-likeness (QED) is 0.556. The molecule has 0 saturated carbocycles. The van der Waals surface area contributed by atoms with Gasteiger partial charge in [0.15, 0.2) is 23.2 Å². The van der Waals surface area contributed by atoms with Gasteiger partial charge >= 0.3 is 0 Å². The number of aliphatic hydroxyl groups excluding tert-OH is 1. The summed E-state index contributed by atoms with van der Waals surface area (Å²) in [4.78, 5) is 12.4. The van der Waals surface area contributed by atoms with Gasteiger partial charge in [-0.15, -0.1) is 0 Å². The lowest BCUT2D eigenvalue weighted by Gasteiger charge is -2.27. The average molecular weight is 280 g/mol. The van der Waals surface area contributed by atoms with E-state index < -0.39 is 17.9 Å². The Labute approximate surface area is 114 Å². The molecule has 9 nitrogen and oxygen atoms in total. The van der Waals surface area contributed by atoms with E-state index in [-0.39, 0.29) is 12.6 Å². The van der Waals surface area contributed by atoms with Crippen molar-refractivity contribution in [1.82, 2.24) is 19.5 Å². The number of anilines is 2. The van der Waals surface area contributed by atoms with Crippen LogP contribution in [0.5, 0.6) is 0 Å². The van der Waals surface area contributed by atoms with Crippen LogP contribution < -0.4 is 11.1 Å². The first-order valence-corrected chi connectivity index (χ1v) is 6.15. The summed E-state index contributed by atoms with van der Waals surface area (Å²) in [6, 6.07) is 0. The Bertz CT molecular complexity index is 655. The van der Waals surface area contributed by atoms with Crippen LogP contribution >= 0.6 is 0 Å². The first-order valence-electron chi connectivity index (χ1n) is 6.15. The minimum atomic E-state index is -1.44. The molecule has 1 aliphatic rings. The van der Waals surface area contributed by atoms with E-state index in [9.17, 15) is 10.2 Å². The number of fused-ring (bicyclic) bond motifs is 1. The highest BCUT2D eigenvalue weighted by atomic mass is 16.5. The number of rotatable bonds is 2. The Kier molecular flexibility index (Phi) is 2.78. The Hall–Kier alpha value is -1.97. The molecule has 1 aliphatic heterocycles. The molecule has 0 radical (unpaired) electrons. The van der Waals surface area contributed by atoms with Crippen molar-refractivity contribution in [3.63, 3.8) is 0 Å². The van der Waals surface area contributed by atoms with Crippen LogP contribution in [0, 0.1) is 0 Å². The fraction of sp³-hybridized carbons (Fsp3) is 0.545. The molecule has 0 aromatic carbocycles. The smallest absolute Gasteiger partial charge is 0.224 e. The van der Waals surface area contributed by atoms with Crippen LogP contribution in [0.2, 0.25) is 0 Å². The fourth-order valence-electron chi connectivity index (χ4n) is 2.33. The second-order valence-electron chi connectivity index (χ2n) is 4.93.